The largest absolute Gasteiger partial charge is 0.460 e. The SMILES string of the molecule is CCC(C)(C)C(=O)OCC(=O)OC1CC2CC1C(C(O)(CC)CC)C2C(O)(CC)CC. The fourth-order valence-electron chi connectivity index (χ4n) is 6.05. The number of carbonyl (C=O) groups is 2. The van der Waals surface area contributed by atoms with Crippen LogP contribution in [0.4, 0.5) is 0 Å². The molecule has 0 spiro atoms. The van der Waals surface area contributed by atoms with E-state index in [1.165, 1.54) is 0 Å². The van der Waals surface area contributed by atoms with Crippen LogP contribution in [-0.4, -0.2) is 46.1 Å². The molecule has 0 saturated heterocycles. The molecule has 5 atom stereocenters. The van der Waals surface area contributed by atoms with Crippen LogP contribution in [-0.2, 0) is 19.1 Å². The quantitative estimate of drug-likeness (QED) is 0.467. The zero-order chi connectivity index (χ0) is 23.6. The van der Waals surface area contributed by atoms with E-state index in [9.17, 15) is 19.8 Å². The molecule has 2 fully saturated rings. The van der Waals surface area contributed by atoms with Crippen molar-refractivity contribution < 1.29 is 29.3 Å². The lowest BCUT2D eigenvalue weighted by molar-refractivity contribution is -0.180. The van der Waals surface area contributed by atoms with Crippen LogP contribution in [0.1, 0.15) is 93.4 Å². The van der Waals surface area contributed by atoms with Crippen molar-refractivity contribution in [3.8, 4) is 0 Å². The minimum Gasteiger partial charge on any atom is -0.460 e. The molecule has 0 aromatic rings. The predicted molar refractivity (Wildman–Crippen MR) is 119 cm³/mol. The number of carbonyl (C=O) groups excluding carboxylic acids is 2. The second-order valence-electron chi connectivity index (χ2n) is 10.4. The number of fused-ring (bicyclic) bond motifs is 2. The van der Waals surface area contributed by atoms with Gasteiger partial charge in [0, 0.05) is 5.92 Å². The van der Waals surface area contributed by atoms with Gasteiger partial charge in [-0.2, -0.15) is 0 Å². The summed E-state index contributed by atoms with van der Waals surface area (Å²) in [6, 6.07) is 0. The van der Waals surface area contributed by atoms with E-state index in [1.54, 1.807) is 13.8 Å². The summed E-state index contributed by atoms with van der Waals surface area (Å²) in [4.78, 5) is 24.6. The third kappa shape index (κ3) is 4.95. The molecule has 6 heteroatoms. The molecule has 31 heavy (non-hydrogen) atoms. The maximum absolute atomic E-state index is 12.5. The van der Waals surface area contributed by atoms with Crippen LogP contribution in [0.3, 0.4) is 0 Å². The van der Waals surface area contributed by atoms with Crippen molar-refractivity contribution >= 4 is 11.9 Å². The van der Waals surface area contributed by atoms with Crippen LogP contribution in [0.15, 0.2) is 0 Å². The first-order chi connectivity index (χ1) is 14.4. The molecule has 2 bridgehead atoms. The summed E-state index contributed by atoms with van der Waals surface area (Å²) in [5.41, 5.74) is -2.35. The zero-order valence-corrected chi connectivity index (χ0v) is 20.6. The molecule has 0 heterocycles. The van der Waals surface area contributed by atoms with Crippen LogP contribution < -0.4 is 0 Å². The fraction of sp³-hybridized carbons (Fsp3) is 0.920. The summed E-state index contributed by atoms with van der Waals surface area (Å²) in [6.07, 6.45) is 4.35. The number of hydrogen-bond donors (Lipinski definition) is 2. The van der Waals surface area contributed by atoms with Crippen LogP contribution >= 0.6 is 0 Å². The third-order valence-corrected chi connectivity index (χ3v) is 8.67. The highest BCUT2D eigenvalue weighted by Gasteiger charge is 2.63. The second kappa shape index (κ2) is 9.78. The molecule has 5 unspecified atom stereocenters. The summed E-state index contributed by atoms with van der Waals surface area (Å²) >= 11 is 0. The number of hydrogen-bond acceptors (Lipinski definition) is 6. The predicted octanol–water partition coefficient (Wildman–Crippen LogP) is 4.25. The first-order valence-corrected chi connectivity index (χ1v) is 12.2. The minimum atomic E-state index is -0.898. The summed E-state index contributed by atoms with van der Waals surface area (Å²) in [7, 11) is 0. The van der Waals surface area contributed by atoms with E-state index in [0.29, 0.717) is 38.5 Å². The van der Waals surface area contributed by atoms with E-state index in [1.807, 2.05) is 34.6 Å². The number of rotatable bonds is 11. The fourth-order valence-corrected chi connectivity index (χ4v) is 6.05. The Balaban J connectivity index is 2.15. The highest BCUT2D eigenvalue weighted by Crippen LogP contribution is 2.61. The van der Waals surface area contributed by atoms with Gasteiger partial charge in [0.1, 0.15) is 6.10 Å². The van der Waals surface area contributed by atoms with Gasteiger partial charge in [0.15, 0.2) is 6.61 Å². The van der Waals surface area contributed by atoms with Gasteiger partial charge in [-0.15, -0.1) is 0 Å². The van der Waals surface area contributed by atoms with Crippen LogP contribution in [0.2, 0.25) is 0 Å². The molecule has 2 aliphatic rings. The first-order valence-electron chi connectivity index (χ1n) is 12.2. The maximum Gasteiger partial charge on any atom is 0.344 e. The van der Waals surface area contributed by atoms with E-state index >= 15 is 0 Å². The number of aliphatic hydroxyl groups is 2. The van der Waals surface area contributed by atoms with Gasteiger partial charge in [-0.05, 0) is 76.5 Å². The molecular weight excluding hydrogens is 396 g/mol. The monoisotopic (exact) mass is 440 g/mol. The summed E-state index contributed by atoms with van der Waals surface area (Å²) in [6.45, 7) is 13.1. The molecule has 6 nitrogen and oxygen atoms in total. The van der Waals surface area contributed by atoms with Gasteiger partial charge in [-0.3, -0.25) is 4.79 Å². The van der Waals surface area contributed by atoms with Gasteiger partial charge in [0.25, 0.3) is 0 Å². The highest BCUT2D eigenvalue weighted by atomic mass is 16.6. The van der Waals surface area contributed by atoms with Crippen molar-refractivity contribution in [2.75, 3.05) is 6.61 Å². The van der Waals surface area contributed by atoms with Crippen molar-refractivity contribution in [2.24, 2.45) is 29.1 Å². The lowest BCUT2D eigenvalue weighted by Crippen LogP contribution is -2.55. The maximum atomic E-state index is 12.5. The molecule has 2 saturated carbocycles. The molecule has 2 rings (SSSR count). The van der Waals surface area contributed by atoms with Gasteiger partial charge in [0.2, 0.25) is 0 Å². The Hall–Kier alpha value is -1.14. The summed E-state index contributed by atoms with van der Waals surface area (Å²) < 4.78 is 11.0. The van der Waals surface area contributed by atoms with Crippen LogP contribution in [0, 0.1) is 29.1 Å². The third-order valence-electron chi connectivity index (χ3n) is 8.67. The molecule has 0 aromatic heterocycles. The second-order valence-corrected chi connectivity index (χ2v) is 10.4. The molecule has 180 valence electrons. The van der Waals surface area contributed by atoms with Gasteiger partial charge in [-0.25, -0.2) is 4.79 Å². The lowest BCUT2D eigenvalue weighted by Gasteiger charge is -2.50. The zero-order valence-electron chi connectivity index (χ0n) is 20.6. The lowest BCUT2D eigenvalue weighted by atomic mass is 9.60. The average molecular weight is 441 g/mol. The van der Waals surface area contributed by atoms with Gasteiger partial charge in [-0.1, -0.05) is 34.6 Å². The summed E-state index contributed by atoms with van der Waals surface area (Å²) in [5.74, 6) is -0.841. The number of ether oxygens (including phenoxy) is 2. The Morgan fingerprint density at radius 2 is 1.35 bits per heavy atom. The van der Waals surface area contributed by atoms with Crippen LogP contribution in [0.5, 0.6) is 0 Å². The molecule has 2 N–H and O–H groups in total. The first kappa shape index (κ1) is 26.1. The van der Waals surface area contributed by atoms with Gasteiger partial charge in [0.05, 0.1) is 16.6 Å². The smallest absolute Gasteiger partial charge is 0.344 e. The van der Waals surface area contributed by atoms with E-state index in [0.717, 1.165) is 6.42 Å². The molecule has 0 radical (unpaired) electrons. The Labute approximate surface area is 188 Å². The van der Waals surface area contributed by atoms with Crippen LogP contribution in [0.25, 0.3) is 0 Å². The van der Waals surface area contributed by atoms with Crippen molar-refractivity contribution in [1.29, 1.82) is 0 Å². The molecule has 0 amide bonds. The Morgan fingerprint density at radius 1 is 0.839 bits per heavy atom. The molecule has 0 aromatic carbocycles. The Kier molecular flexibility index (Phi) is 8.24. The van der Waals surface area contributed by atoms with Gasteiger partial charge < -0.3 is 19.7 Å². The van der Waals surface area contributed by atoms with Crippen molar-refractivity contribution in [1.82, 2.24) is 0 Å². The van der Waals surface area contributed by atoms with Crippen molar-refractivity contribution in [3.05, 3.63) is 0 Å². The molecular formula is C25H44O6. The average Bonchev–Trinajstić information content (AvgIpc) is 3.34. The van der Waals surface area contributed by atoms with E-state index in [2.05, 4.69) is 0 Å². The number of esters is 2. The van der Waals surface area contributed by atoms with E-state index in [-0.39, 0.29) is 36.4 Å². The van der Waals surface area contributed by atoms with Crippen molar-refractivity contribution in [3.63, 3.8) is 0 Å². The highest BCUT2D eigenvalue weighted by molar-refractivity contribution is 5.79. The Bertz CT molecular complexity index is 634. The van der Waals surface area contributed by atoms with E-state index < -0.39 is 28.6 Å². The summed E-state index contributed by atoms with van der Waals surface area (Å²) in [5, 5.41) is 22.9. The topological polar surface area (TPSA) is 93.1 Å². The standard InChI is InChI=1S/C25H44O6/c1-8-23(6,7)22(27)30-15-19(26)31-18-14-16-13-17(18)21(25(29,11-4)12-5)20(16)24(28,9-2)10-3/h16-18,20-21,28-29H,8-15H2,1-7H3. The molecule has 2 aliphatic carbocycles. The molecule has 0 aliphatic heterocycles. The van der Waals surface area contributed by atoms with Crippen molar-refractivity contribution in [2.45, 2.75) is 111 Å². The van der Waals surface area contributed by atoms with Gasteiger partial charge >= 0.3 is 11.9 Å². The Morgan fingerprint density at radius 3 is 1.84 bits per heavy atom. The normalized spacial score (nSPS) is 28.6. The van der Waals surface area contributed by atoms with E-state index in [4.69, 9.17) is 9.47 Å². The minimum absolute atomic E-state index is 0.00414.